The van der Waals surface area contributed by atoms with Crippen LogP contribution >= 0.6 is 0 Å². The second-order valence-electron chi connectivity index (χ2n) is 4.07. The average Bonchev–Trinajstić information content (AvgIpc) is 2.29. The number of rotatable bonds is 0. The minimum Gasteiger partial charge on any atom is -0.383 e. The molecule has 16 heavy (non-hydrogen) atoms. The van der Waals surface area contributed by atoms with Crippen molar-refractivity contribution in [1.82, 2.24) is 0 Å². The van der Waals surface area contributed by atoms with Crippen LogP contribution in [-0.4, -0.2) is 18.5 Å². The van der Waals surface area contributed by atoms with Crippen LogP contribution in [0, 0.1) is 0 Å². The van der Waals surface area contributed by atoms with Gasteiger partial charge in [-0.15, -0.1) is 0 Å². The summed E-state index contributed by atoms with van der Waals surface area (Å²) in [6.45, 7) is 8.10. The lowest BCUT2D eigenvalue weighted by atomic mass is 10.0. The Bertz CT molecular complexity index is 394. The molecule has 0 unspecified atom stereocenters. The van der Waals surface area contributed by atoms with E-state index in [1.807, 2.05) is 39.1 Å². The number of aliphatic imine (C=N–C) groups is 1. The molecule has 1 aliphatic rings. The molecule has 3 nitrogen and oxygen atoms in total. The normalized spacial score (nSPS) is 16.8. The maximum absolute atomic E-state index is 5.91. The SMILES string of the molecule is CC.CN1c2ccccc2C(N)=NC1(C)C. The highest BCUT2D eigenvalue weighted by molar-refractivity contribution is 6.04. The van der Waals surface area contributed by atoms with Gasteiger partial charge in [0.05, 0.1) is 0 Å². The predicted molar refractivity (Wildman–Crippen MR) is 71.0 cm³/mol. The topological polar surface area (TPSA) is 41.6 Å². The van der Waals surface area contributed by atoms with Gasteiger partial charge >= 0.3 is 0 Å². The Labute approximate surface area is 98.0 Å². The first-order valence-corrected chi connectivity index (χ1v) is 5.71. The van der Waals surface area contributed by atoms with E-state index in [2.05, 4.69) is 29.8 Å². The highest BCUT2D eigenvalue weighted by atomic mass is 15.3. The third-order valence-corrected chi connectivity index (χ3v) is 2.76. The van der Waals surface area contributed by atoms with Crippen LogP contribution in [0.4, 0.5) is 5.69 Å². The van der Waals surface area contributed by atoms with E-state index in [1.165, 1.54) is 0 Å². The zero-order valence-corrected chi connectivity index (χ0v) is 10.8. The van der Waals surface area contributed by atoms with Crippen molar-refractivity contribution in [3.05, 3.63) is 29.8 Å². The number of anilines is 1. The van der Waals surface area contributed by atoms with Crippen molar-refractivity contribution >= 4 is 11.5 Å². The fraction of sp³-hybridized carbons (Fsp3) is 0.462. The van der Waals surface area contributed by atoms with Gasteiger partial charge in [0, 0.05) is 18.3 Å². The fourth-order valence-electron chi connectivity index (χ4n) is 1.71. The third-order valence-electron chi connectivity index (χ3n) is 2.76. The van der Waals surface area contributed by atoms with E-state index in [-0.39, 0.29) is 5.66 Å². The summed E-state index contributed by atoms with van der Waals surface area (Å²) in [6, 6.07) is 8.07. The van der Waals surface area contributed by atoms with Crippen LogP contribution in [0.25, 0.3) is 0 Å². The molecule has 3 heteroatoms. The summed E-state index contributed by atoms with van der Waals surface area (Å²) < 4.78 is 0. The first kappa shape index (κ1) is 12.6. The molecule has 1 aliphatic heterocycles. The first-order valence-electron chi connectivity index (χ1n) is 5.71. The molecule has 1 heterocycles. The zero-order valence-electron chi connectivity index (χ0n) is 10.8. The average molecular weight is 219 g/mol. The van der Waals surface area contributed by atoms with Gasteiger partial charge in [-0.3, -0.25) is 0 Å². The second kappa shape index (κ2) is 4.56. The molecule has 88 valence electrons. The summed E-state index contributed by atoms with van der Waals surface area (Å²) in [7, 11) is 2.04. The van der Waals surface area contributed by atoms with Gasteiger partial charge in [0.1, 0.15) is 11.5 Å². The molecule has 0 aliphatic carbocycles. The summed E-state index contributed by atoms with van der Waals surface area (Å²) in [5, 5.41) is 0. The molecule has 1 aromatic rings. The van der Waals surface area contributed by atoms with E-state index in [0.29, 0.717) is 5.84 Å². The van der Waals surface area contributed by atoms with Crippen molar-refractivity contribution in [2.24, 2.45) is 10.7 Å². The Morgan fingerprint density at radius 3 is 2.38 bits per heavy atom. The number of amidine groups is 1. The molecular weight excluding hydrogens is 198 g/mol. The summed E-state index contributed by atoms with van der Waals surface area (Å²) >= 11 is 0. The van der Waals surface area contributed by atoms with Crippen molar-refractivity contribution in [2.45, 2.75) is 33.4 Å². The van der Waals surface area contributed by atoms with Crippen LogP contribution in [-0.2, 0) is 0 Å². The van der Waals surface area contributed by atoms with Gasteiger partial charge < -0.3 is 10.6 Å². The van der Waals surface area contributed by atoms with Gasteiger partial charge in [0.25, 0.3) is 0 Å². The highest BCUT2D eigenvalue weighted by Crippen LogP contribution is 2.31. The molecule has 0 bridgehead atoms. The van der Waals surface area contributed by atoms with Crippen LogP contribution in [0.1, 0.15) is 33.3 Å². The van der Waals surface area contributed by atoms with Crippen molar-refractivity contribution in [3.63, 3.8) is 0 Å². The van der Waals surface area contributed by atoms with Gasteiger partial charge in [-0.2, -0.15) is 0 Å². The number of para-hydroxylation sites is 1. The molecule has 0 fully saturated rings. The predicted octanol–water partition coefficient (Wildman–Crippen LogP) is 2.60. The van der Waals surface area contributed by atoms with Crippen molar-refractivity contribution < 1.29 is 0 Å². The lowest BCUT2D eigenvalue weighted by molar-refractivity contribution is 0.506. The quantitative estimate of drug-likeness (QED) is 0.728. The third kappa shape index (κ3) is 2.03. The van der Waals surface area contributed by atoms with E-state index >= 15 is 0 Å². The maximum Gasteiger partial charge on any atom is 0.130 e. The van der Waals surface area contributed by atoms with Gasteiger partial charge in [-0.25, -0.2) is 4.99 Å². The van der Waals surface area contributed by atoms with E-state index in [0.717, 1.165) is 11.3 Å². The molecule has 0 spiro atoms. The molecule has 0 saturated heterocycles. The van der Waals surface area contributed by atoms with Crippen molar-refractivity contribution in [3.8, 4) is 0 Å². The Hall–Kier alpha value is -1.51. The fourth-order valence-corrected chi connectivity index (χ4v) is 1.71. The van der Waals surface area contributed by atoms with Crippen molar-refractivity contribution in [1.29, 1.82) is 0 Å². The Morgan fingerprint density at radius 2 is 1.75 bits per heavy atom. The van der Waals surface area contributed by atoms with E-state index < -0.39 is 0 Å². The zero-order chi connectivity index (χ0) is 12.3. The van der Waals surface area contributed by atoms with Gasteiger partial charge in [-0.1, -0.05) is 26.0 Å². The smallest absolute Gasteiger partial charge is 0.130 e. The molecule has 0 radical (unpaired) electrons. The maximum atomic E-state index is 5.91. The van der Waals surface area contributed by atoms with Gasteiger partial charge in [0.2, 0.25) is 0 Å². The van der Waals surface area contributed by atoms with Crippen molar-refractivity contribution in [2.75, 3.05) is 11.9 Å². The molecule has 0 amide bonds. The Kier molecular flexibility index (Phi) is 3.58. The molecule has 2 N–H and O–H groups in total. The highest BCUT2D eigenvalue weighted by Gasteiger charge is 2.29. The van der Waals surface area contributed by atoms with Crippen LogP contribution in [0.3, 0.4) is 0 Å². The number of hydrogen-bond donors (Lipinski definition) is 1. The number of benzene rings is 1. The molecule has 1 aromatic carbocycles. The number of hydrogen-bond acceptors (Lipinski definition) is 3. The summed E-state index contributed by atoms with van der Waals surface area (Å²) in [4.78, 5) is 6.59. The summed E-state index contributed by atoms with van der Waals surface area (Å²) in [5.41, 5.74) is 7.82. The Morgan fingerprint density at radius 1 is 1.19 bits per heavy atom. The minimum atomic E-state index is -0.252. The van der Waals surface area contributed by atoms with E-state index in [4.69, 9.17) is 5.73 Å². The van der Waals surface area contributed by atoms with E-state index in [1.54, 1.807) is 0 Å². The standard InChI is InChI=1S/C11H15N3.C2H6/c1-11(2)13-10(12)8-6-4-5-7-9(8)14(11)3;1-2/h4-7H,1-3H3,(H2,12,13);1-2H3. The van der Waals surface area contributed by atoms with Gasteiger partial charge in [0.15, 0.2) is 0 Å². The lowest BCUT2D eigenvalue weighted by Crippen LogP contribution is -2.45. The summed E-state index contributed by atoms with van der Waals surface area (Å²) in [5.74, 6) is 0.628. The first-order chi connectivity index (χ1) is 7.52. The molecule has 0 atom stereocenters. The summed E-state index contributed by atoms with van der Waals surface area (Å²) in [6.07, 6.45) is 0. The number of nitrogens with two attached hydrogens (primary N) is 1. The number of nitrogens with zero attached hydrogens (tertiary/aromatic N) is 2. The number of fused-ring (bicyclic) bond motifs is 1. The van der Waals surface area contributed by atoms with Crippen LogP contribution in [0.5, 0.6) is 0 Å². The monoisotopic (exact) mass is 219 g/mol. The minimum absolute atomic E-state index is 0.252. The molecular formula is C13H21N3. The molecule has 0 aromatic heterocycles. The lowest BCUT2D eigenvalue weighted by Gasteiger charge is -2.38. The van der Waals surface area contributed by atoms with Gasteiger partial charge in [-0.05, 0) is 26.0 Å². The van der Waals surface area contributed by atoms with Crippen LogP contribution in [0.2, 0.25) is 0 Å². The largest absolute Gasteiger partial charge is 0.383 e. The van der Waals surface area contributed by atoms with E-state index in [9.17, 15) is 0 Å². The second-order valence-corrected chi connectivity index (χ2v) is 4.07. The Balaban J connectivity index is 0.000000606. The molecule has 0 saturated carbocycles. The van der Waals surface area contributed by atoms with Crippen LogP contribution < -0.4 is 10.6 Å². The molecule has 2 rings (SSSR count). The van der Waals surface area contributed by atoms with Crippen LogP contribution in [0.15, 0.2) is 29.3 Å².